The van der Waals surface area contributed by atoms with E-state index in [-0.39, 0.29) is 6.10 Å². The van der Waals surface area contributed by atoms with Crippen molar-refractivity contribution in [1.29, 1.82) is 0 Å². The number of likely N-dealkylation sites (tertiary alicyclic amines) is 1. The van der Waals surface area contributed by atoms with Crippen LogP contribution in [0.25, 0.3) is 0 Å². The fraction of sp³-hybridized carbons (Fsp3) is 1.00. The molecule has 2 saturated heterocycles. The molecular weight excluding hydrogens is 234 g/mol. The number of rotatable bonds is 3. The zero-order chi connectivity index (χ0) is 12.1. The van der Waals surface area contributed by atoms with Crippen molar-refractivity contribution in [2.45, 2.75) is 37.0 Å². The van der Waals surface area contributed by atoms with Gasteiger partial charge in [0.05, 0.1) is 12.7 Å². The second-order valence-electron chi connectivity index (χ2n) is 5.28. The summed E-state index contributed by atoms with van der Waals surface area (Å²) in [6.07, 6.45) is 6.83. The molecule has 100 valence electrons. The molecular formula is C13H25NO2S. The van der Waals surface area contributed by atoms with Crippen molar-refractivity contribution in [3.8, 4) is 0 Å². The first-order valence-electron chi connectivity index (χ1n) is 6.80. The number of nitrogens with zero attached hydrogens (tertiary/aromatic N) is 1. The predicted molar refractivity (Wildman–Crippen MR) is 72.5 cm³/mol. The van der Waals surface area contributed by atoms with E-state index in [1.165, 1.54) is 32.4 Å². The molecule has 0 saturated carbocycles. The zero-order valence-electron chi connectivity index (χ0n) is 10.8. The molecule has 2 rings (SSSR count). The predicted octanol–water partition coefficient (Wildman–Crippen LogP) is 1.60. The molecule has 4 heteroatoms. The third-order valence-electron chi connectivity index (χ3n) is 4.03. The Morgan fingerprint density at radius 3 is 2.94 bits per heavy atom. The van der Waals surface area contributed by atoms with Crippen molar-refractivity contribution >= 4 is 11.8 Å². The van der Waals surface area contributed by atoms with Crippen LogP contribution in [0, 0.1) is 5.92 Å². The smallest absolute Gasteiger partial charge is 0.0624 e. The van der Waals surface area contributed by atoms with E-state index >= 15 is 0 Å². The van der Waals surface area contributed by atoms with Crippen molar-refractivity contribution < 1.29 is 9.84 Å². The van der Waals surface area contributed by atoms with Gasteiger partial charge in [0.25, 0.3) is 0 Å². The van der Waals surface area contributed by atoms with Crippen molar-refractivity contribution in [1.82, 2.24) is 4.90 Å². The Morgan fingerprint density at radius 2 is 2.18 bits per heavy atom. The van der Waals surface area contributed by atoms with Gasteiger partial charge in [-0.25, -0.2) is 0 Å². The van der Waals surface area contributed by atoms with E-state index in [1.54, 1.807) is 0 Å². The molecule has 0 amide bonds. The highest BCUT2D eigenvalue weighted by atomic mass is 32.2. The van der Waals surface area contributed by atoms with Gasteiger partial charge in [-0.2, -0.15) is 11.8 Å². The molecule has 2 fully saturated rings. The minimum atomic E-state index is -0.150. The lowest BCUT2D eigenvalue weighted by atomic mass is 9.98. The van der Waals surface area contributed by atoms with Crippen LogP contribution in [0.1, 0.15) is 25.7 Å². The molecule has 3 nitrogen and oxygen atoms in total. The fourth-order valence-electron chi connectivity index (χ4n) is 2.84. The van der Waals surface area contributed by atoms with E-state index in [1.807, 2.05) is 11.8 Å². The van der Waals surface area contributed by atoms with Gasteiger partial charge in [0.1, 0.15) is 0 Å². The second-order valence-corrected chi connectivity index (χ2v) is 6.42. The highest BCUT2D eigenvalue weighted by Crippen LogP contribution is 2.23. The Kier molecular flexibility index (Phi) is 5.60. The maximum atomic E-state index is 9.96. The average molecular weight is 259 g/mol. The molecule has 0 aliphatic carbocycles. The van der Waals surface area contributed by atoms with E-state index in [0.717, 1.165) is 31.4 Å². The standard InChI is InChI=1S/C13H25NO2S/c1-17-12-3-2-6-14(7-4-12)9-11-10-16-8-5-13(11)15/h11-13,15H,2-10H2,1H3. The van der Waals surface area contributed by atoms with Crippen LogP contribution in [0.4, 0.5) is 0 Å². The third-order valence-corrected chi connectivity index (χ3v) is 5.17. The Morgan fingerprint density at radius 1 is 1.29 bits per heavy atom. The summed E-state index contributed by atoms with van der Waals surface area (Å²) in [7, 11) is 0. The molecule has 2 heterocycles. The summed E-state index contributed by atoms with van der Waals surface area (Å²) in [6.45, 7) is 4.87. The fourth-order valence-corrected chi connectivity index (χ4v) is 3.58. The molecule has 0 radical (unpaired) electrons. The first-order valence-corrected chi connectivity index (χ1v) is 8.09. The van der Waals surface area contributed by atoms with Crippen molar-refractivity contribution in [2.75, 3.05) is 39.1 Å². The molecule has 2 aliphatic heterocycles. The molecule has 1 N–H and O–H groups in total. The Balaban J connectivity index is 1.77. The highest BCUT2D eigenvalue weighted by molar-refractivity contribution is 7.99. The lowest BCUT2D eigenvalue weighted by molar-refractivity contribution is -0.0463. The summed E-state index contributed by atoms with van der Waals surface area (Å²) in [6, 6.07) is 0. The van der Waals surface area contributed by atoms with Gasteiger partial charge in [-0.05, 0) is 45.0 Å². The van der Waals surface area contributed by atoms with Gasteiger partial charge >= 0.3 is 0 Å². The van der Waals surface area contributed by atoms with Gasteiger partial charge in [-0.15, -0.1) is 0 Å². The number of aliphatic hydroxyl groups excluding tert-OH is 1. The lowest BCUT2D eigenvalue weighted by Gasteiger charge is -2.32. The average Bonchev–Trinajstić information content (AvgIpc) is 2.57. The molecule has 17 heavy (non-hydrogen) atoms. The second kappa shape index (κ2) is 6.98. The molecule has 0 spiro atoms. The Labute approximate surface area is 109 Å². The number of hydrogen-bond acceptors (Lipinski definition) is 4. The summed E-state index contributed by atoms with van der Waals surface area (Å²) in [5.74, 6) is 0.328. The minimum absolute atomic E-state index is 0.150. The summed E-state index contributed by atoms with van der Waals surface area (Å²) in [5, 5.41) is 10.8. The normalized spacial score (nSPS) is 36.7. The molecule has 0 bridgehead atoms. The van der Waals surface area contributed by atoms with Crippen molar-refractivity contribution in [3.05, 3.63) is 0 Å². The molecule has 2 aliphatic rings. The van der Waals surface area contributed by atoms with Crippen LogP contribution in [0.3, 0.4) is 0 Å². The Bertz CT molecular complexity index is 227. The third kappa shape index (κ3) is 4.12. The summed E-state index contributed by atoms with van der Waals surface area (Å²) < 4.78 is 5.48. The first-order chi connectivity index (χ1) is 8.29. The van der Waals surface area contributed by atoms with Gasteiger partial charge in [0.15, 0.2) is 0 Å². The van der Waals surface area contributed by atoms with Crippen LogP contribution in [-0.4, -0.2) is 60.5 Å². The van der Waals surface area contributed by atoms with Crippen molar-refractivity contribution in [2.24, 2.45) is 5.92 Å². The quantitative estimate of drug-likeness (QED) is 0.834. The van der Waals surface area contributed by atoms with Crippen LogP contribution in [0.15, 0.2) is 0 Å². The molecule has 0 aromatic heterocycles. The van der Waals surface area contributed by atoms with E-state index in [0.29, 0.717) is 5.92 Å². The monoisotopic (exact) mass is 259 g/mol. The molecule has 0 aromatic carbocycles. The number of ether oxygens (including phenoxy) is 1. The van der Waals surface area contributed by atoms with E-state index in [9.17, 15) is 5.11 Å². The van der Waals surface area contributed by atoms with Gasteiger partial charge < -0.3 is 14.7 Å². The summed E-state index contributed by atoms with van der Waals surface area (Å²) in [4.78, 5) is 2.53. The van der Waals surface area contributed by atoms with E-state index in [2.05, 4.69) is 11.2 Å². The number of hydrogen-bond donors (Lipinski definition) is 1. The van der Waals surface area contributed by atoms with E-state index < -0.39 is 0 Å². The van der Waals surface area contributed by atoms with E-state index in [4.69, 9.17) is 4.74 Å². The van der Waals surface area contributed by atoms with Crippen LogP contribution in [0.2, 0.25) is 0 Å². The van der Waals surface area contributed by atoms with Gasteiger partial charge in [0, 0.05) is 24.3 Å². The topological polar surface area (TPSA) is 32.7 Å². The van der Waals surface area contributed by atoms with Gasteiger partial charge in [0.2, 0.25) is 0 Å². The lowest BCUT2D eigenvalue weighted by Crippen LogP contribution is -2.41. The SMILES string of the molecule is CSC1CCCN(CC2COCCC2O)CC1. The van der Waals surface area contributed by atoms with Gasteiger partial charge in [-0.3, -0.25) is 0 Å². The number of thioether (sulfide) groups is 1. The van der Waals surface area contributed by atoms with Crippen LogP contribution < -0.4 is 0 Å². The van der Waals surface area contributed by atoms with Crippen LogP contribution in [0.5, 0.6) is 0 Å². The molecule has 3 atom stereocenters. The van der Waals surface area contributed by atoms with Crippen LogP contribution in [-0.2, 0) is 4.74 Å². The van der Waals surface area contributed by atoms with Crippen LogP contribution >= 0.6 is 11.8 Å². The highest BCUT2D eigenvalue weighted by Gasteiger charge is 2.26. The maximum absolute atomic E-state index is 9.96. The molecule has 3 unspecified atom stereocenters. The largest absolute Gasteiger partial charge is 0.393 e. The minimum Gasteiger partial charge on any atom is -0.393 e. The maximum Gasteiger partial charge on any atom is 0.0624 e. The zero-order valence-corrected chi connectivity index (χ0v) is 11.6. The van der Waals surface area contributed by atoms with Crippen molar-refractivity contribution in [3.63, 3.8) is 0 Å². The Hall–Kier alpha value is 0.230. The summed E-state index contributed by atoms with van der Waals surface area (Å²) >= 11 is 2.01. The first kappa shape index (κ1) is 13.7. The summed E-state index contributed by atoms with van der Waals surface area (Å²) in [5.41, 5.74) is 0. The number of aliphatic hydroxyl groups is 1. The van der Waals surface area contributed by atoms with Gasteiger partial charge in [-0.1, -0.05) is 0 Å². The molecule has 0 aromatic rings.